The smallest absolute Gasteiger partial charge is 0.255 e. The molecule has 2 unspecified atom stereocenters. The Balaban J connectivity index is 1.49. The van der Waals surface area contributed by atoms with E-state index < -0.39 is 5.91 Å². The maximum atomic E-state index is 10.9. The van der Waals surface area contributed by atoms with Gasteiger partial charge < -0.3 is 21.1 Å². The van der Waals surface area contributed by atoms with Crippen molar-refractivity contribution < 1.29 is 9.53 Å². The van der Waals surface area contributed by atoms with Crippen LogP contribution in [-0.4, -0.2) is 49.0 Å². The Kier molecular flexibility index (Phi) is 7.68. The van der Waals surface area contributed by atoms with Gasteiger partial charge in [0.25, 0.3) is 5.91 Å². The molecule has 0 spiro atoms. The Morgan fingerprint density at radius 2 is 1.97 bits per heavy atom. The molecule has 0 radical (unpaired) electrons. The van der Waals surface area contributed by atoms with E-state index in [1.165, 1.54) is 5.56 Å². The van der Waals surface area contributed by atoms with Gasteiger partial charge in [-0.1, -0.05) is 42.5 Å². The van der Waals surface area contributed by atoms with Crippen molar-refractivity contribution in [2.75, 3.05) is 20.2 Å². The minimum Gasteiger partial charge on any atom is -0.484 e. The summed E-state index contributed by atoms with van der Waals surface area (Å²) in [6, 6.07) is 19.0. The monoisotopic (exact) mass is 409 g/mol. The van der Waals surface area contributed by atoms with Crippen molar-refractivity contribution >= 4 is 11.9 Å². The summed E-state index contributed by atoms with van der Waals surface area (Å²) in [5, 5.41) is 6.90. The van der Waals surface area contributed by atoms with E-state index in [1.807, 2.05) is 18.2 Å². The molecule has 1 amide bonds. The molecule has 1 heterocycles. The standard InChI is InChI=1S/C23H31N5O2/c1-17-11-20(15-28(17)14-18-7-4-3-5-8-18)27-23(25-2)26-13-19-9-6-10-21(12-19)30-16-22(24)29/h3-10,12,17,20H,11,13-16H2,1-2H3,(H2,24,29)(H2,25,26,27). The van der Waals surface area contributed by atoms with E-state index in [2.05, 4.69) is 57.8 Å². The average Bonchev–Trinajstić information content (AvgIpc) is 3.09. The van der Waals surface area contributed by atoms with Crippen molar-refractivity contribution in [2.45, 2.75) is 38.5 Å². The SMILES string of the molecule is CN=C(NCc1cccc(OCC(N)=O)c1)NC1CC(C)N(Cc2ccccc2)C1. The molecule has 2 aromatic rings. The number of amides is 1. The average molecular weight is 410 g/mol. The largest absolute Gasteiger partial charge is 0.484 e. The number of aliphatic imine (C=N–C) groups is 1. The molecule has 0 aromatic heterocycles. The molecule has 0 aliphatic carbocycles. The van der Waals surface area contributed by atoms with Gasteiger partial charge in [0.1, 0.15) is 5.75 Å². The molecule has 1 aliphatic heterocycles. The summed E-state index contributed by atoms with van der Waals surface area (Å²) in [6.07, 6.45) is 1.07. The predicted molar refractivity (Wildman–Crippen MR) is 119 cm³/mol. The molecule has 1 aliphatic rings. The zero-order chi connectivity index (χ0) is 21.3. The Morgan fingerprint density at radius 3 is 2.70 bits per heavy atom. The van der Waals surface area contributed by atoms with Gasteiger partial charge >= 0.3 is 0 Å². The van der Waals surface area contributed by atoms with Crippen LogP contribution in [0.2, 0.25) is 0 Å². The summed E-state index contributed by atoms with van der Waals surface area (Å²) in [7, 11) is 1.78. The van der Waals surface area contributed by atoms with Crippen LogP contribution in [0.3, 0.4) is 0 Å². The van der Waals surface area contributed by atoms with E-state index in [1.54, 1.807) is 13.1 Å². The third-order valence-electron chi connectivity index (χ3n) is 5.24. The van der Waals surface area contributed by atoms with Crippen LogP contribution in [0, 0.1) is 0 Å². The second-order valence-corrected chi connectivity index (χ2v) is 7.67. The second kappa shape index (κ2) is 10.6. The minimum absolute atomic E-state index is 0.126. The highest BCUT2D eigenvalue weighted by Crippen LogP contribution is 2.20. The summed E-state index contributed by atoms with van der Waals surface area (Å²) < 4.78 is 5.37. The number of nitrogens with zero attached hydrogens (tertiary/aromatic N) is 2. The molecular weight excluding hydrogens is 378 g/mol. The number of hydrogen-bond acceptors (Lipinski definition) is 4. The van der Waals surface area contributed by atoms with E-state index in [-0.39, 0.29) is 6.61 Å². The van der Waals surface area contributed by atoms with Crippen LogP contribution < -0.4 is 21.1 Å². The number of nitrogens with one attached hydrogen (secondary N) is 2. The van der Waals surface area contributed by atoms with Crippen LogP contribution in [0.1, 0.15) is 24.5 Å². The molecular formula is C23H31N5O2. The van der Waals surface area contributed by atoms with Crippen molar-refractivity contribution in [3.63, 3.8) is 0 Å². The molecule has 7 heteroatoms. The fraction of sp³-hybridized carbons (Fsp3) is 0.391. The molecule has 2 atom stereocenters. The highest BCUT2D eigenvalue weighted by molar-refractivity contribution is 5.80. The Morgan fingerprint density at radius 1 is 1.20 bits per heavy atom. The summed E-state index contributed by atoms with van der Waals surface area (Å²) in [4.78, 5) is 17.7. The number of primary amides is 1. The maximum Gasteiger partial charge on any atom is 0.255 e. The molecule has 160 valence electrons. The first-order valence-electron chi connectivity index (χ1n) is 10.3. The third-order valence-corrected chi connectivity index (χ3v) is 5.24. The zero-order valence-corrected chi connectivity index (χ0v) is 17.7. The van der Waals surface area contributed by atoms with Crippen LogP contribution in [0.25, 0.3) is 0 Å². The molecule has 30 heavy (non-hydrogen) atoms. The molecule has 0 bridgehead atoms. The number of carbonyl (C=O) groups is 1. The van der Waals surface area contributed by atoms with Gasteiger partial charge in [-0.3, -0.25) is 14.7 Å². The van der Waals surface area contributed by atoms with Gasteiger partial charge in [0.2, 0.25) is 0 Å². The quantitative estimate of drug-likeness (QED) is 0.457. The lowest BCUT2D eigenvalue weighted by atomic mass is 10.2. The number of ether oxygens (including phenoxy) is 1. The normalized spacial score (nSPS) is 19.5. The van der Waals surface area contributed by atoms with Crippen molar-refractivity contribution in [3.8, 4) is 5.75 Å². The van der Waals surface area contributed by atoms with Crippen molar-refractivity contribution in [3.05, 3.63) is 65.7 Å². The van der Waals surface area contributed by atoms with Gasteiger partial charge in [-0.15, -0.1) is 0 Å². The van der Waals surface area contributed by atoms with Crippen LogP contribution in [0.4, 0.5) is 0 Å². The van der Waals surface area contributed by atoms with E-state index in [4.69, 9.17) is 10.5 Å². The van der Waals surface area contributed by atoms with Gasteiger partial charge in [0, 0.05) is 38.8 Å². The summed E-state index contributed by atoms with van der Waals surface area (Å²) >= 11 is 0. The lowest BCUT2D eigenvalue weighted by Gasteiger charge is -2.21. The predicted octanol–water partition coefficient (Wildman–Crippen LogP) is 1.88. The Bertz CT molecular complexity index is 856. The zero-order valence-electron chi connectivity index (χ0n) is 17.7. The first-order chi connectivity index (χ1) is 14.5. The second-order valence-electron chi connectivity index (χ2n) is 7.67. The van der Waals surface area contributed by atoms with Crippen molar-refractivity contribution in [2.24, 2.45) is 10.7 Å². The first-order valence-corrected chi connectivity index (χ1v) is 10.3. The fourth-order valence-corrected chi connectivity index (χ4v) is 3.71. The number of likely N-dealkylation sites (tertiary alicyclic amines) is 1. The van der Waals surface area contributed by atoms with E-state index in [9.17, 15) is 4.79 Å². The summed E-state index contributed by atoms with van der Waals surface area (Å²) in [6.45, 7) is 4.69. The van der Waals surface area contributed by atoms with Gasteiger partial charge in [0.15, 0.2) is 12.6 Å². The molecule has 7 nitrogen and oxygen atoms in total. The van der Waals surface area contributed by atoms with Crippen molar-refractivity contribution in [1.29, 1.82) is 0 Å². The Hall–Kier alpha value is -3.06. The third kappa shape index (κ3) is 6.49. The number of hydrogen-bond donors (Lipinski definition) is 3. The molecule has 3 rings (SSSR count). The molecule has 2 aromatic carbocycles. The van der Waals surface area contributed by atoms with E-state index in [0.717, 1.165) is 31.0 Å². The van der Waals surface area contributed by atoms with E-state index in [0.29, 0.717) is 24.4 Å². The molecule has 4 N–H and O–H groups in total. The topological polar surface area (TPSA) is 92.0 Å². The highest BCUT2D eigenvalue weighted by atomic mass is 16.5. The lowest BCUT2D eigenvalue weighted by molar-refractivity contribution is -0.119. The van der Waals surface area contributed by atoms with Crippen LogP contribution in [-0.2, 0) is 17.9 Å². The molecule has 0 saturated carbocycles. The summed E-state index contributed by atoms with van der Waals surface area (Å²) in [5.41, 5.74) is 7.50. The van der Waals surface area contributed by atoms with Gasteiger partial charge in [-0.2, -0.15) is 0 Å². The number of carbonyl (C=O) groups excluding carboxylic acids is 1. The highest BCUT2D eigenvalue weighted by Gasteiger charge is 2.29. The van der Waals surface area contributed by atoms with E-state index >= 15 is 0 Å². The van der Waals surface area contributed by atoms with Crippen molar-refractivity contribution in [1.82, 2.24) is 15.5 Å². The van der Waals surface area contributed by atoms with Gasteiger partial charge in [-0.05, 0) is 36.6 Å². The van der Waals surface area contributed by atoms with Crippen LogP contribution in [0.5, 0.6) is 5.75 Å². The Labute approximate surface area is 178 Å². The molecule has 1 fully saturated rings. The lowest BCUT2D eigenvalue weighted by Crippen LogP contribution is -2.44. The number of nitrogens with two attached hydrogens (primary N) is 1. The van der Waals surface area contributed by atoms with Gasteiger partial charge in [0.05, 0.1) is 0 Å². The molecule has 1 saturated heterocycles. The minimum atomic E-state index is -0.491. The first kappa shape index (κ1) is 21.6. The summed E-state index contributed by atoms with van der Waals surface area (Å²) in [5.74, 6) is 0.907. The maximum absolute atomic E-state index is 10.9. The van der Waals surface area contributed by atoms with Crippen LogP contribution in [0.15, 0.2) is 59.6 Å². The fourth-order valence-electron chi connectivity index (χ4n) is 3.71. The number of rotatable bonds is 8. The van der Waals surface area contributed by atoms with Gasteiger partial charge in [-0.25, -0.2) is 0 Å². The number of benzene rings is 2. The van der Waals surface area contributed by atoms with Crippen LogP contribution >= 0.6 is 0 Å². The number of guanidine groups is 1.